The van der Waals surface area contributed by atoms with Crippen LogP contribution >= 0.6 is 0 Å². The number of aromatic nitrogens is 2. The summed E-state index contributed by atoms with van der Waals surface area (Å²) in [6.45, 7) is 6.82. The topological polar surface area (TPSA) is 31.0 Å². The minimum atomic E-state index is -0.0730. The monoisotopic (exact) mass is 404 g/mol. The van der Waals surface area contributed by atoms with E-state index in [1.165, 1.54) is 16.3 Å². The van der Waals surface area contributed by atoms with Crippen LogP contribution in [0.2, 0.25) is 0 Å². The molecular weight excluding hydrogens is 380 g/mol. The third kappa shape index (κ3) is 2.50. The molecule has 0 aliphatic heterocycles. The Hall–Kier alpha value is -3.59. The standard InChI is InChI=1S/C28H24N2O/c1-4-28(2,3)27-23-19-14-8-10-16-21(19)30(18-12-6-5-7-13-18)25(23)26-24(29-27)20-15-9-11-17-22(20)31-26/h5-17H,4H2,1-3H3. The maximum atomic E-state index is 6.48. The first-order chi connectivity index (χ1) is 15.1. The average Bonchev–Trinajstić information content (AvgIpc) is 3.35. The van der Waals surface area contributed by atoms with E-state index >= 15 is 0 Å². The third-order valence-electron chi connectivity index (χ3n) is 6.66. The van der Waals surface area contributed by atoms with Gasteiger partial charge in [-0.15, -0.1) is 0 Å². The molecule has 0 aliphatic carbocycles. The van der Waals surface area contributed by atoms with Crippen LogP contribution in [0.1, 0.15) is 32.9 Å². The predicted octanol–water partition coefficient (Wildman–Crippen LogP) is 7.77. The lowest BCUT2D eigenvalue weighted by molar-refractivity contribution is 0.497. The molecule has 3 heterocycles. The summed E-state index contributed by atoms with van der Waals surface area (Å²) < 4.78 is 8.81. The Morgan fingerprint density at radius 1 is 0.839 bits per heavy atom. The van der Waals surface area contributed by atoms with E-state index in [9.17, 15) is 0 Å². The number of furan rings is 1. The fourth-order valence-corrected chi connectivity index (χ4v) is 4.67. The molecule has 0 amide bonds. The van der Waals surface area contributed by atoms with Crippen LogP contribution in [-0.2, 0) is 5.41 Å². The van der Waals surface area contributed by atoms with Gasteiger partial charge >= 0.3 is 0 Å². The number of hydrogen-bond acceptors (Lipinski definition) is 2. The quantitative estimate of drug-likeness (QED) is 0.302. The van der Waals surface area contributed by atoms with Crippen molar-refractivity contribution in [2.24, 2.45) is 0 Å². The fraction of sp³-hybridized carbons (Fsp3) is 0.179. The Labute approximate surface area is 180 Å². The molecule has 6 rings (SSSR count). The Morgan fingerprint density at radius 2 is 1.52 bits per heavy atom. The minimum absolute atomic E-state index is 0.0730. The van der Waals surface area contributed by atoms with Crippen LogP contribution in [0.3, 0.4) is 0 Å². The highest BCUT2D eigenvalue weighted by Gasteiger charge is 2.29. The maximum Gasteiger partial charge on any atom is 0.178 e. The number of benzene rings is 3. The van der Waals surface area contributed by atoms with E-state index in [4.69, 9.17) is 9.40 Å². The number of fused-ring (bicyclic) bond motifs is 7. The molecule has 0 N–H and O–H groups in total. The Bertz CT molecular complexity index is 1590. The van der Waals surface area contributed by atoms with Crippen molar-refractivity contribution in [2.45, 2.75) is 32.6 Å². The second-order valence-corrected chi connectivity index (χ2v) is 8.89. The number of rotatable bonds is 3. The van der Waals surface area contributed by atoms with Gasteiger partial charge < -0.3 is 8.98 Å². The van der Waals surface area contributed by atoms with E-state index in [1.807, 2.05) is 12.1 Å². The SMILES string of the molecule is CCC(C)(C)c1nc2c3ccccc3oc2c2c1c1ccccc1n2-c1ccccc1. The van der Waals surface area contributed by atoms with E-state index in [2.05, 4.69) is 92.1 Å². The van der Waals surface area contributed by atoms with Crippen molar-refractivity contribution in [2.75, 3.05) is 0 Å². The lowest BCUT2D eigenvalue weighted by Crippen LogP contribution is -2.18. The molecule has 0 bridgehead atoms. The molecule has 0 radical (unpaired) electrons. The second-order valence-electron chi connectivity index (χ2n) is 8.89. The van der Waals surface area contributed by atoms with Crippen molar-refractivity contribution in [1.82, 2.24) is 9.55 Å². The molecule has 3 heteroatoms. The van der Waals surface area contributed by atoms with Gasteiger partial charge in [-0.2, -0.15) is 0 Å². The molecule has 3 aromatic carbocycles. The lowest BCUT2D eigenvalue weighted by Gasteiger charge is -2.23. The number of pyridine rings is 1. The van der Waals surface area contributed by atoms with Crippen LogP contribution in [0.4, 0.5) is 0 Å². The summed E-state index contributed by atoms with van der Waals surface area (Å²) in [7, 11) is 0. The van der Waals surface area contributed by atoms with Gasteiger partial charge in [0, 0.05) is 27.3 Å². The van der Waals surface area contributed by atoms with Crippen molar-refractivity contribution in [1.29, 1.82) is 0 Å². The molecule has 152 valence electrons. The number of nitrogens with zero attached hydrogens (tertiary/aromatic N) is 2. The van der Waals surface area contributed by atoms with Gasteiger partial charge in [-0.05, 0) is 36.8 Å². The van der Waals surface area contributed by atoms with Gasteiger partial charge in [-0.3, -0.25) is 0 Å². The van der Waals surface area contributed by atoms with E-state index in [0.717, 1.165) is 45.4 Å². The smallest absolute Gasteiger partial charge is 0.178 e. The highest BCUT2D eigenvalue weighted by atomic mass is 16.3. The van der Waals surface area contributed by atoms with Gasteiger partial charge in [0.25, 0.3) is 0 Å². The molecular formula is C28H24N2O. The van der Waals surface area contributed by atoms with Gasteiger partial charge in [0.2, 0.25) is 0 Å². The molecule has 0 unspecified atom stereocenters. The Kier molecular flexibility index (Phi) is 3.79. The van der Waals surface area contributed by atoms with E-state index < -0.39 is 0 Å². The molecule has 6 aromatic rings. The summed E-state index contributed by atoms with van der Waals surface area (Å²) in [5.74, 6) is 0. The fourth-order valence-electron chi connectivity index (χ4n) is 4.67. The number of hydrogen-bond donors (Lipinski definition) is 0. The molecule has 0 fully saturated rings. The summed E-state index contributed by atoms with van der Waals surface area (Å²) in [6, 6.07) is 27.4. The number of para-hydroxylation sites is 3. The Morgan fingerprint density at radius 3 is 2.29 bits per heavy atom. The van der Waals surface area contributed by atoms with E-state index in [1.54, 1.807) is 0 Å². The van der Waals surface area contributed by atoms with Crippen molar-refractivity contribution in [3.8, 4) is 5.69 Å². The van der Waals surface area contributed by atoms with Crippen LogP contribution in [0, 0.1) is 0 Å². The summed E-state index contributed by atoms with van der Waals surface area (Å²) in [5, 5.41) is 3.48. The van der Waals surface area contributed by atoms with Crippen LogP contribution < -0.4 is 0 Å². The van der Waals surface area contributed by atoms with Gasteiger partial charge in [0.1, 0.15) is 16.6 Å². The summed E-state index contributed by atoms with van der Waals surface area (Å²) in [5.41, 5.74) is 7.14. The minimum Gasteiger partial charge on any atom is -0.452 e. The van der Waals surface area contributed by atoms with E-state index in [-0.39, 0.29) is 5.41 Å². The normalized spacial score (nSPS) is 12.5. The third-order valence-corrected chi connectivity index (χ3v) is 6.66. The first-order valence-electron chi connectivity index (χ1n) is 10.9. The largest absolute Gasteiger partial charge is 0.452 e. The van der Waals surface area contributed by atoms with Crippen molar-refractivity contribution in [3.63, 3.8) is 0 Å². The predicted molar refractivity (Wildman–Crippen MR) is 129 cm³/mol. The average molecular weight is 405 g/mol. The molecule has 0 aliphatic rings. The lowest BCUT2D eigenvalue weighted by atomic mass is 9.83. The second kappa shape index (κ2) is 6.45. The molecule has 3 nitrogen and oxygen atoms in total. The maximum absolute atomic E-state index is 6.48. The van der Waals surface area contributed by atoms with Crippen molar-refractivity contribution >= 4 is 43.9 Å². The summed E-state index contributed by atoms with van der Waals surface area (Å²) in [6.07, 6.45) is 1.00. The van der Waals surface area contributed by atoms with Crippen LogP contribution in [-0.4, -0.2) is 9.55 Å². The first kappa shape index (κ1) is 18.2. The van der Waals surface area contributed by atoms with Gasteiger partial charge in [0.05, 0.1) is 11.2 Å². The molecule has 31 heavy (non-hydrogen) atoms. The Balaban J connectivity index is 1.96. The molecule has 0 saturated carbocycles. The zero-order valence-corrected chi connectivity index (χ0v) is 18.0. The summed E-state index contributed by atoms with van der Waals surface area (Å²) in [4.78, 5) is 5.28. The first-order valence-corrected chi connectivity index (χ1v) is 10.9. The van der Waals surface area contributed by atoms with Crippen molar-refractivity contribution < 1.29 is 4.42 Å². The van der Waals surface area contributed by atoms with E-state index in [0.29, 0.717) is 0 Å². The van der Waals surface area contributed by atoms with Gasteiger partial charge in [-0.1, -0.05) is 69.3 Å². The van der Waals surface area contributed by atoms with Crippen LogP contribution in [0.25, 0.3) is 49.6 Å². The van der Waals surface area contributed by atoms with Gasteiger partial charge in [-0.25, -0.2) is 4.98 Å². The highest BCUT2D eigenvalue weighted by molar-refractivity contribution is 6.21. The van der Waals surface area contributed by atoms with Crippen LogP contribution in [0.5, 0.6) is 0 Å². The highest BCUT2D eigenvalue weighted by Crippen LogP contribution is 2.44. The molecule has 0 atom stereocenters. The molecule has 0 spiro atoms. The zero-order valence-electron chi connectivity index (χ0n) is 18.0. The zero-order chi connectivity index (χ0) is 21.2. The van der Waals surface area contributed by atoms with Crippen LogP contribution in [0.15, 0.2) is 83.3 Å². The molecule has 3 aromatic heterocycles. The summed E-state index contributed by atoms with van der Waals surface area (Å²) >= 11 is 0. The van der Waals surface area contributed by atoms with Gasteiger partial charge in [0.15, 0.2) is 5.58 Å². The molecule has 0 saturated heterocycles. The van der Waals surface area contributed by atoms with Crippen molar-refractivity contribution in [3.05, 3.63) is 84.6 Å².